The number of halogens is 1. The van der Waals surface area contributed by atoms with Crippen molar-refractivity contribution in [1.82, 2.24) is 0 Å². The van der Waals surface area contributed by atoms with Crippen LogP contribution in [0.15, 0.2) is 71.6 Å². The summed E-state index contributed by atoms with van der Waals surface area (Å²) in [5, 5.41) is 11.3. The van der Waals surface area contributed by atoms with Gasteiger partial charge in [0, 0.05) is 29.4 Å². The lowest BCUT2D eigenvalue weighted by atomic mass is 10.1. The SMILES string of the molecule is Cc1ccc(S(=O)(=O)Nc2ccc(F)cc2)cc1C(=O)Nc1cccc(OCCCC#N)c1. The third kappa shape index (κ3) is 6.54. The van der Waals surface area contributed by atoms with E-state index in [1.165, 1.54) is 24.3 Å². The summed E-state index contributed by atoms with van der Waals surface area (Å²) in [4.78, 5) is 12.8. The number of nitrogens with one attached hydrogen (secondary N) is 2. The fourth-order valence-corrected chi connectivity index (χ4v) is 4.03. The molecule has 0 heterocycles. The number of amides is 1. The molecular weight excluding hydrogens is 445 g/mol. The quantitative estimate of drug-likeness (QED) is 0.437. The van der Waals surface area contributed by atoms with Crippen LogP contribution in [0.3, 0.4) is 0 Å². The van der Waals surface area contributed by atoms with Crippen LogP contribution in [0, 0.1) is 24.1 Å². The van der Waals surface area contributed by atoms with Gasteiger partial charge in [0.2, 0.25) is 0 Å². The number of hydrogen-bond acceptors (Lipinski definition) is 5. The van der Waals surface area contributed by atoms with Gasteiger partial charge >= 0.3 is 0 Å². The zero-order valence-corrected chi connectivity index (χ0v) is 18.7. The van der Waals surface area contributed by atoms with Gasteiger partial charge in [-0.3, -0.25) is 9.52 Å². The van der Waals surface area contributed by atoms with Crippen molar-refractivity contribution >= 4 is 27.3 Å². The number of rotatable bonds is 9. The maximum absolute atomic E-state index is 13.1. The predicted molar refractivity (Wildman–Crippen MR) is 123 cm³/mol. The van der Waals surface area contributed by atoms with E-state index >= 15 is 0 Å². The number of anilines is 2. The molecule has 0 unspecified atom stereocenters. The van der Waals surface area contributed by atoms with Gasteiger partial charge in [-0.15, -0.1) is 0 Å². The van der Waals surface area contributed by atoms with Crippen LogP contribution in [0.5, 0.6) is 5.75 Å². The first-order valence-electron chi connectivity index (χ1n) is 10.1. The van der Waals surface area contributed by atoms with Crippen LogP contribution in [-0.4, -0.2) is 20.9 Å². The van der Waals surface area contributed by atoms with E-state index in [1.54, 1.807) is 37.3 Å². The second-order valence-electron chi connectivity index (χ2n) is 7.18. The average Bonchev–Trinajstić information content (AvgIpc) is 2.78. The minimum absolute atomic E-state index is 0.0999. The number of nitriles is 1. The molecule has 0 saturated carbocycles. The maximum Gasteiger partial charge on any atom is 0.261 e. The number of nitrogens with zero attached hydrogens (tertiary/aromatic N) is 1. The Labute approximate surface area is 191 Å². The third-order valence-electron chi connectivity index (χ3n) is 4.65. The summed E-state index contributed by atoms with van der Waals surface area (Å²) in [5.41, 5.74) is 1.47. The lowest BCUT2D eigenvalue weighted by Crippen LogP contribution is -2.17. The molecule has 0 aromatic heterocycles. The van der Waals surface area contributed by atoms with E-state index in [1.807, 2.05) is 6.07 Å². The van der Waals surface area contributed by atoms with Crippen molar-refractivity contribution in [3.8, 4) is 11.8 Å². The predicted octanol–water partition coefficient (Wildman–Crippen LogP) is 4.87. The summed E-state index contributed by atoms with van der Waals surface area (Å²) in [6.45, 7) is 2.08. The van der Waals surface area contributed by atoms with Crippen molar-refractivity contribution in [1.29, 1.82) is 5.26 Å². The fourth-order valence-electron chi connectivity index (χ4n) is 2.95. The first-order valence-corrected chi connectivity index (χ1v) is 11.6. The van der Waals surface area contributed by atoms with Gasteiger partial charge in [-0.2, -0.15) is 5.26 Å². The summed E-state index contributed by atoms with van der Waals surface area (Å²) in [6.07, 6.45) is 0.991. The molecule has 170 valence electrons. The van der Waals surface area contributed by atoms with Crippen molar-refractivity contribution in [3.05, 3.63) is 83.7 Å². The Morgan fingerprint density at radius 1 is 1.06 bits per heavy atom. The van der Waals surface area contributed by atoms with E-state index in [0.29, 0.717) is 36.4 Å². The highest BCUT2D eigenvalue weighted by atomic mass is 32.2. The molecule has 9 heteroatoms. The summed E-state index contributed by atoms with van der Waals surface area (Å²) < 4.78 is 46.5. The minimum atomic E-state index is -3.99. The molecule has 3 aromatic carbocycles. The van der Waals surface area contributed by atoms with Crippen LogP contribution in [0.4, 0.5) is 15.8 Å². The molecule has 33 heavy (non-hydrogen) atoms. The molecule has 0 aliphatic heterocycles. The Bertz CT molecular complexity index is 1290. The molecule has 0 spiro atoms. The second-order valence-corrected chi connectivity index (χ2v) is 8.86. The summed E-state index contributed by atoms with van der Waals surface area (Å²) in [7, 11) is -3.99. The highest BCUT2D eigenvalue weighted by Gasteiger charge is 2.19. The van der Waals surface area contributed by atoms with Crippen molar-refractivity contribution in [2.24, 2.45) is 0 Å². The van der Waals surface area contributed by atoms with Crippen LogP contribution in [0.1, 0.15) is 28.8 Å². The van der Waals surface area contributed by atoms with Gasteiger partial charge in [0.05, 0.1) is 17.6 Å². The maximum atomic E-state index is 13.1. The highest BCUT2D eigenvalue weighted by molar-refractivity contribution is 7.92. The van der Waals surface area contributed by atoms with Gasteiger partial charge in [0.1, 0.15) is 11.6 Å². The molecule has 1 amide bonds. The van der Waals surface area contributed by atoms with E-state index < -0.39 is 21.7 Å². The monoisotopic (exact) mass is 467 g/mol. The van der Waals surface area contributed by atoms with Crippen LogP contribution in [-0.2, 0) is 10.0 Å². The minimum Gasteiger partial charge on any atom is -0.493 e. The number of hydrogen-bond donors (Lipinski definition) is 2. The smallest absolute Gasteiger partial charge is 0.261 e. The van der Waals surface area contributed by atoms with Gasteiger partial charge in [0.15, 0.2) is 0 Å². The molecule has 7 nitrogen and oxygen atoms in total. The lowest BCUT2D eigenvalue weighted by Gasteiger charge is -2.12. The summed E-state index contributed by atoms with van der Waals surface area (Å²) >= 11 is 0. The molecule has 0 aliphatic carbocycles. The van der Waals surface area contributed by atoms with Gasteiger partial charge in [0.25, 0.3) is 15.9 Å². The van der Waals surface area contributed by atoms with Gasteiger partial charge < -0.3 is 10.1 Å². The summed E-state index contributed by atoms with van der Waals surface area (Å²) in [6, 6.07) is 18.0. The molecule has 0 saturated heterocycles. The van der Waals surface area contributed by atoms with E-state index in [0.717, 1.165) is 12.1 Å². The Balaban J connectivity index is 1.76. The van der Waals surface area contributed by atoms with E-state index in [-0.39, 0.29) is 16.1 Å². The normalized spacial score (nSPS) is 10.8. The topological polar surface area (TPSA) is 108 Å². The number of carbonyl (C=O) groups excluding carboxylic acids is 1. The van der Waals surface area contributed by atoms with E-state index in [9.17, 15) is 17.6 Å². The standard InChI is InChI=1S/C24H22FN3O4S/c1-17-7-12-22(33(30,31)28-19-10-8-18(25)9-11-19)16-23(17)24(29)27-20-5-4-6-21(15-20)32-14-3-2-13-26/h4-12,15-16,28H,2-3,14H2,1H3,(H,27,29). The van der Waals surface area contributed by atoms with E-state index in [2.05, 4.69) is 10.0 Å². The summed E-state index contributed by atoms with van der Waals surface area (Å²) in [5.74, 6) is -0.417. The lowest BCUT2D eigenvalue weighted by molar-refractivity contribution is 0.102. The Morgan fingerprint density at radius 3 is 2.55 bits per heavy atom. The highest BCUT2D eigenvalue weighted by Crippen LogP contribution is 2.22. The number of aryl methyl sites for hydroxylation is 1. The van der Waals surface area contributed by atoms with Gasteiger partial charge in [-0.05, 0) is 67.4 Å². The first kappa shape index (κ1) is 23.8. The fraction of sp³-hybridized carbons (Fsp3) is 0.167. The van der Waals surface area contributed by atoms with Crippen LogP contribution >= 0.6 is 0 Å². The van der Waals surface area contributed by atoms with E-state index in [4.69, 9.17) is 10.00 Å². The molecule has 0 bridgehead atoms. The number of carbonyl (C=O) groups is 1. The van der Waals surface area contributed by atoms with Crippen molar-refractivity contribution in [3.63, 3.8) is 0 Å². The second kappa shape index (κ2) is 10.6. The van der Waals surface area contributed by atoms with Crippen LogP contribution in [0.2, 0.25) is 0 Å². The number of benzene rings is 3. The molecule has 0 fully saturated rings. The molecular formula is C24H22FN3O4S. The number of ether oxygens (including phenoxy) is 1. The van der Waals surface area contributed by atoms with Gasteiger partial charge in [-0.25, -0.2) is 12.8 Å². The zero-order valence-electron chi connectivity index (χ0n) is 17.8. The Hall–Kier alpha value is -3.90. The Morgan fingerprint density at radius 2 is 1.82 bits per heavy atom. The number of unbranched alkanes of at least 4 members (excludes halogenated alkanes) is 1. The molecule has 2 N–H and O–H groups in total. The van der Waals surface area contributed by atoms with Crippen molar-refractivity contribution in [2.45, 2.75) is 24.7 Å². The average molecular weight is 468 g/mol. The largest absolute Gasteiger partial charge is 0.493 e. The molecule has 3 aromatic rings. The van der Waals surface area contributed by atoms with Crippen molar-refractivity contribution in [2.75, 3.05) is 16.6 Å². The van der Waals surface area contributed by atoms with Gasteiger partial charge in [-0.1, -0.05) is 12.1 Å². The molecule has 3 rings (SSSR count). The Kier molecular flexibility index (Phi) is 7.64. The third-order valence-corrected chi connectivity index (χ3v) is 6.03. The number of sulfonamides is 1. The molecule has 0 radical (unpaired) electrons. The zero-order chi connectivity index (χ0) is 23.8. The van der Waals surface area contributed by atoms with Crippen molar-refractivity contribution < 1.29 is 22.3 Å². The van der Waals surface area contributed by atoms with Crippen LogP contribution < -0.4 is 14.8 Å². The van der Waals surface area contributed by atoms with Crippen LogP contribution in [0.25, 0.3) is 0 Å². The first-order chi connectivity index (χ1) is 15.8. The molecule has 0 aliphatic rings. The molecule has 0 atom stereocenters.